The molecule has 0 bridgehead atoms. The number of benzene rings is 1. The largest absolute Gasteiger partial charge is 0.444 e. The van der Waals surface area contributed by atoms with Gasteiger partial charge in [0, 0.05) is 25.8 Å². The third-order valence-electron chi connectivity index (χ3n) is 8.18. The zero-order chi connectivity index (χ0) is 26.9. The predicted molar refractivity (Wildman–Crippen MR) is 151 cm³/mol. The molecule has 2 fully saturated rings. The molecule has 1 amide bonds. The molecule has 0 radical (unpaired) electrons. The molecule has 204 valence electrons. The third kappa shape index (κ3) is 5.58. The SMILES string of the molecule is CCN1C(c2ncccc2C)CCCC1c1nc2ccccc2n1CC1CCN(C(=O)OC(C)(C)C)CC1. The summed E-state index contributed by atoms with van der Waals surface area (Å²) in [7, 11) is 0. The van der Waals surface area contributed by atoms with E-state index >= 15 is 0 Å². The van der Waals surface area contributed by atoms with Gasteiger partial charge in [-0.2, -0.15) is 0 Å². The standard InChI is InChI=1S/C31H43N5O2/c1-6-35-26(28-22(2)11-10-18-32-28)14-9-15-27(35)29-33-24-12-7-8-13-25(24)36(29)21-23-16-19-34(20-17-23)30(37)38-31(3,4)5/h7-8,10-13,18,23,26-27H,6,9,14-17,19-21H2,1-5H3. The molecule has 0 spiro atoms. The van der Waals surface area contributed by atoms with Crippen LogP contribution in [0.3, 0.4) is 0 Å². The van der Waals surface area contributed by atoms with E-state index in [4.69, 9.17) is 14.7 Å². The van der Waals surface area contributed by atoms with E-state index in [1.54, 1.807) is 0 Å². The lowest BCUT2D eigenvalue weighted by molar-refractivity contribution is 0.0177. The number of ether oxygens (including phenoxy) is 1. The second-order valence-corrected chi connectivity index (χ2v) is 12.0. The van der Waals surface area contributed by atoms with Crippen molar-refractivity contribution in [1.29, 1.82) is 0 Å². The topological polar surface area (TPSA) is 63.5 Å². The van der Waals surface area contributed by atoms with E-state index in [-0.39, 0.29) is 12.1 Å². The van der Waals surface area contributed by atoms with Gasteiger partial charge in [0.25, 0.3) is 0 Å². The van der Waals surface area contributed by atoms with Crippen LogP contribution in [0, 0.1) is 12.8 Å². The molecule has 38 heavy (non-hydrogen) atoms. The van der Waals surface area contributed by atoms with Crippen molar-refractivity contribution >= 4 is 17.1 Å². The zero-order valence-electron chi connectivity index (χ0n) is 23.7. The molecule has 2 unspecified atom stereocenters. The second kappa shape index (κ2) is 11.0. The molecule has 0 saturated carbocycles. The van der Waals surface area contributed by atoms with E-state index in [2.05, 4.69) is 53.6 Å². The lowest BCUT2D eigenvalue weighted by Gasteiger charge is -2.42. The lowest BCUT2D eigenvalue weighted by atomic mass is 9.91. The number of hydrogen-bond acceptors (Lipinski definition) is 5. The number of hydrogen-bond donors (Lipinski definition) is 0. The Morgan fingerprint density at radius 2 is 1.76 bits per heavy atom. The number of para-hydroxylation sites is 2. The van der Waals surface area contributed by atoms with Crippen molar-refractivity contribution in [3.63, 3.8) is 0 Å². The fourth-order valence-corrected chi connectivity index (χ4v) is 6.34. The van der Waals surface area contributed by atoms with Gasteiger partial charge >= 0.3 is 6.09 Å². The minimum absolute atomic E-state index is 0.193. The summed E-state index contributed by atoms with van der Waals surface area (Å²) < 4.78 is 8.10. The molecule has 0 N–H and O–H groups in total. The van der Waals surface area contributed by atoms with Crippen LogP contribution in [0.25, 0.3) is 11.0 Å². The first-order chi connectivity index (χ1) is 18.2. The van der Waals surface area contributed by atoms with Gasteiger partial charge < -0.3 is 14.2 Å². The fraction of sp³-hybridized carbons (Fsp3) is 0.581. The number of piperidine rings is 2. The summed E-state index contributed by atoms with van der Waals surface area (Å²) in [6, 6.07) is 13.3. The van der Waals surface area contributed by atoms with E-state index in [1.807, 2.05) is 37.9 Å². The van der Waals surface area contributed by atoms with Gasteiger partial charge in [0.2, 0.25) is 0 Å². The minimum atomic E-state index is -0.463. The predicted octanol–water partition coefficient (Wildman–Crippen LogP) is 6.68. The molecule has 1 aromatic carbocycles. The number of aryl methyl sites for hydroxylation is 1. The van der Waals surface area contributed by atoms with Crippen LogP contribution in [0.4, 0.5) is 4.79 Å². The number of pyridine rings is 1. The Labute approximate surface area is 227 Å². The Kier molecular flexibility index (Phi) is 7.75. The minimum Gasteiger partial charge on any atom is -0.444 e. The summed E-state index contributed by atoms with van der Waals surface area (Å²) in [6.07, 6.45) is 7.09. The van der Waals surface area contributed by atoms with Gasteiger partial charge in [-0.05, 0) is 96.0 Å². The first kappa shape index (κ1) is 26.7. The highest BCUT2D eigenvalue weighted by Gasteiger charge is 2.36. The number of amides is 1. The maximum atomic E-state index is 12.6. The second-order valence-electron chi connectivity index (χ2n) is 12.0. The molecule has 2 saturated heterocycles. The Balaban J connectivity index is 1.39. The number of rotatable bonds is 5. The number of nitrogens with zero attached hydrogens (tertiary/aromatic N) is 5. The molecule has 0 aliphatic carbocycles. The smallest absolute Gasteiger partial charge is 0.410 e. The van der Waals surface area contributed by atoms with Crippen LogP contribution in [-0.4, -0.2) is 55.7 Å². The number of carbonyl (C=O) groups is 1. The summed E-state index contributed by atoms with van der Waals surface area (Å²) in [5.74, 6) is 1.68. The lowest BCUT2D eigenvalue weighted by Crippen LogP contribution is -2.42. The molecular formula is C31H43N5O2. The highest BCUT2D eigenvalue weighted by atomic mass is 16.6. The molecular weight excluding hydrogens is 474 g/mol. The number of imidazole rings is 1. The van der Waals surface area contributed by atoms with Crippen molar-refractivity contribution in [2.24, 2.45) is 5.92 Å². The maximum absolute atomic E-state index is 12.6. The Bertz CT molecular complexity index is 1250. The van der Waals surface area contributed by atoms with Crippen molar-refractivity contribution in [1.82, 2.24) is 24.3 Å². The van der Waals surface area contributed by atoms with Crippen molar-refractivity contribution < 1.29 is 9.53 Å². The van der Waals surface area contributed by atoms with E-state index in [9.17, 15) is 4.79 Å². The molecule has 2 atom stereocenters. The first-order valence-corrected chi connectivity index (χ1v) is 14.4. The van der Waals surface area contributed by atoms with Crippen molar-refractivity contribution in [3.8, 4) is 0 Å². The summed E-state index contributed by atoms with van der Waals surface area (Å²) >= 11 is 0. The Morgan fingerprint density at radius 3 is 2.47 bits per heavy atom. The molecule has 2 aromatic heterocycles. The maximum Gasteiger partial charge on any atom is 0.410 e. The van der Waals surface area contributed by atoms with Crippen LogP contribution < -0.4 is 0 Å². The van der Waals surface area contributed by atoms with Gasteiger partial charge in [-0.25, -0.2) is 9.78 Å². The van der Waals surface area contributed by atoms with Crippen molar-refractivity contribution in [3.05, 3.63) is 59.7 Å². The highest BCUT2D eigenvalue weighted by molar-refractivity contribution is 5.76. The number of likely N-dealkylation sites (tertiary alicyclic amines) is 2. The highest BCUT2D eigenvalue weighted by Crippen LogP contribution is 2.42. The van der Waals surface area contributed by atoms with E-state index < -0.39 is 5.60 Å². The zero-order valence-corrected chi connectivity index (χ0v) is 23.7. The molecule has 4 heterocycles. The Morgan fingerprint density at radius 1 is 1.03 bits per heavy atom. The average molecular weight is 518 g/mol. The third-order valence-corrected chi connectivity index (χ3v) is 8.18. The number of fused-ring (bicyclic) bond motifs is 1. The van der Waals surface area contributed by atoms with Crippen LogP contribution >= 0.6 is 0 Å². The van der Waals surface area contributed by atoms with Gasteiger partial charge in [-0.3, -0.25) is 9.88 Å². The summed E-state index contributed by atoms with van der Waals surface area (Å²) in [4.78, 5) is 27.2. The summed E-state index contributed by atoms with van der Waals surface area (Å²) in [5.41, 5.74) is 4.29. The van der Waals surface area contributed by atoms with Crippen LogP contribution in [0.5, 0.6) is 0 Å². The average Bonchev–Trinajstić information content (AvgIpc) is 3.26. The Hall–Kier alpha value is -2.93. The van der Waals surface area contributed by atoms with Gasteiger partial charge in [0.15, 0.2) is 0 Å². The summed E-state index contributed by atoms with van der Waals surface area (Å²) in [5, 5.41) is 0. The molecule has 7 heteroatoms. The monoisotopic (exact) mass is 517 g/mol. The molecule has 7 nitrogen and oxygen atoms in total. The first-order valence-electron chi connectivity index (χ1n) is 14.4. The van der Waals surface area contributed by atoms with Crippen LogP contribution in [0.15, 0.2) is 42.6 Å². The summed E-state index contributed by atoms with van der Waals surface area (Å²) in [6.45, 7) is 13.6. The molecule has 3 aromatic rings. The molecule has 5 rings (SSSR count). The molecule has 2 aliphatic heterocycles. The van der Waals surface area contributed by atoms with Gasteiger partial charge in [-0.15, -0.1) is 0 Å². The normalized spacial score (nSPS) is 21.7. The van der Waals surface area contributed by atoms with Crippen LogP contribution in [-0.2, 0) is 11.3 Å². The number of aromatic nitrogens is 3. The number of carbonyl (C=O) groups excluding carboxylic acids is 1. The van der Waals surface area contributed by atoms with Crippen molar-refractivity contribution in [2.45, 2.75) is 91.0 Å². The van der Waals surface area contributed by atoms with Gasteiger partial charge in [-0.1, -0.05) is 25.1 Å². The van der Waals surface area contributed by atoms with E-state index in [1.165, 1.54) is 29.0 Å². The van der Waals surface area contributed by atoms with E-state index in [0.717, 1.165) is 57.4 Å². The van der Waals surface area contributed by atoms with Crippen LogP contribution in [0.2, 0.25) is 0 Å². The van der Waals surface area contributed by atoms with Gasteiger partial charge in [0.05, 0.1) is 28.8 Å². The van der Waals surface area contributed by atoms with Gasteiger partial charge in [0.1, 0.15) is 11.4 Å². The van der Waals surface area contributed by atoms with Crippen molar-refractivity contribution in [2.75, 3.05) is 19.6 Å². The van der Waals surface area contributed by atoms with E-state index in [0.29, 0.717) is 12.0 Å². The fourth-order valence-electron chi connectivity index (χ4n) is 6.34. The quantitative estimate of drug-likeness (QED) is 0.378. The molecule has 2 aliphatic rings. The van der Waals surface area contributed by atoms with Crippen LogP contribution in [0.1, 0.15) is 89.0 Å².